The molecule has 1 saturated carbocycles. The van der Waals surface area contributed by atoms with Crippen molar-refractivity contribution < 1.29 is 32.3 Å². The van der Waals surface area contributed by atoms with Crippen molar-refractivity contribution in [1.29, 1.82) is 0 Å². The zero-order chi connectivity index (χ0) is 24.6. The lowest BCUT2D eigenvalue weighted by atomic mass is 9.72. The van der Waals surface area contributed by atoms with Crippen molar-refractivity contribution in [3.05, 3.63) is 71.2 Å². The predicted molar refractivity (Wildman–Crippen MR) is 118 cm³/mol. The largest absolute Gasteiger partial charge is 0.481 e. The lowest BCUT2D eigenvalue weighted by molar-refractivity contribution is -0.146. The molecule has 2 N–H and O–H groups in total. The predicted octanol–water partition coefficient (Wildman–Crippen LogP) is 5.47. The van der Waals surface area contributed by atoms with Crippen LogP contribution in [0.25, 0.3) is 10.9 Å². The highest BCUT2D eigenvalue weighted by Crippen LogP contribution is 2.37. The second-order valence-corrected chi connectivity index (χ2v) is 9.01. The van der Waals surface area contributed by atoms with Crippen LogP contribution in [0.3, 0.4) is 0 Å². The van der Waals surface area contributed by atoms with Crippen LogP contribution in [-0.4, -0.2) is 27.6 Å². The van der Waals surface area contributed by atoms with Gasteiger partial charge in [-0.2, -0.15) is 13.2 Å². The van der Waals surface area contributed by atoms with E-state index in [1.807, 2.05) is 6.92 Å². The number of hydrogen-bond acceptors (Lipinski definition) is 2. The monoisotopic (exact) mass is 476 g/mol. The number of aromatic nitrogens is 1. The highest BCUT2D eigenvalue weighted by atomic mass is 19.4. The molecule has 34 heavy (non-hydrogen) atoms. The lowest BCUT2D eigenvalue weighted by Gasteiger charge is -2.34. The minimum absolute atomic E-state index is 0.135. The zero-order valence-electron chi connectivity index (χ0n) is 18.4. The average Bonchev–Trinajstić information content (AvgIpc) is 3.11. The molecule has 5 nitrogen and oxygen atoms in total. The first-order valence-electron chi connectivity index (χ1n) is 11.0. The number of halogens is 4. The van der Waals surface area contributed by atoms with Crippen LogP contribution in [0.2, 0.25) is 0 Å². The summed E-state index contributed by atoms with van der Waals surface area (Å²) < 4.78 is 54.5. The molecule has 9 heteroatoms. The van der Waals surface area contributed by atoms with Gasteiger partial charge in [-0.3, -0.25) is 9.59 Å². The lowest BCUT2D eigenvalue weighted by Crippen LogP contribution is -2.38. The maximum absolute atomic E-state index is 14.2. The molecule has 0 saturated heterocycles. The van der Waals surface area contributed by atoms with E-state index in [4.69, 9.17) is 5.11 Å². The number of carboxylic acid groups (broad SMARTS) is 1. The second kappa shape index (κ2) is 9.12. The van der Waals surface area contributed by atoms with Crippen molar-refractivity contribution in [1.82, 2.24) is 9.88 Å². The molecule has 1 amide bonds. The summed E-state index contributed by atoms with van der Waals surface area (Å²) in [5.41, 5.74) is 0.481. The molecule has 1 aliphatic carbocycles. The van der Waals surface area contributed by atoms with E-state index < -0.39 is 29.4 Å². The normalized spacial score (nSPS) is 19.0. The first-order chi connectivity index (χ1) is 16.0. The highest BCUT2D eigenvalue weighted by molar-refractivity contribution is 6.06. The Kier molecular flexibility index (Phi) is 6.38. The fourth-order valence-corrected chi connectivity index (χ4v) is 4.60. The molecule has 1 unspecified atom stereocenters. The number of hydrogen-bond donors (Lipinski definition) is 2. The van der Waals surface area contributed by atoms with E-state index in [1.54, 1.807) is 16.8 Å². The van der Waals surface area contributed by atoms with E-state index in [2.05, 4.69) is 5.32 Å². The van der Waals surface area contributed by atoms with Gasteiger partial charge in [0.25, 0.3) is 5.91 Å². The smallest absolute Gasteiger partial charge is 0.416 e. The Morgan fingerprint density at radius 3 is 2.44 bits per heavy atom. The molecule has 2 aromatic carbocycles. The summed E-state index contributed by atoms with van der Waals surface area (Å²) in [4.78, 5) is 24.0. The molecule has 0 aliphatic heterocycles. The maximum Gasteiger partial charge on any atom is 0.416 e. The van der Waals surface area contributed by atoms with E-state index in [1.165, 1.54) is 18.2 Å². The Hall–Kier alpha value is -3.36. The van der Waals surface area contributed by atoms with Crippen LogP contribution in [0.15, 0.2) is 48.7 Å². The third-order valence-electron chi connectivity index (χ3n) is 6.35. The summed E-state index contributed by atoms with van der Waals surface area (Å²) in [5.74, 6) is -1.94. The van der Waals surface area contributed by atoms with Gasteiger partial charge in [-0.15, -0.1) is 0 Å². The maximum atomic E-state index is 14.2. The topological polar surface area (TPSA) is 71.3 Å². The molecule has 1 fully saturated rings. The van der Waals surface area contributed by atoms with E-state index in [-0.39, 0.29) is 30.0 Å². The number of nitrogens with zero attached hydrogens (tertiary/aromatic N) is 1. The summed E-state index contributed by atoms with van der Waals surface area (Å²) in [5, 5.41) is 12.4. The van der Waals surface area contributed by atoms with Crippen LogP contribution < -0.4 is 5.32 Å². The highest BCUT2D eigenvalue weighted by Gasteiger charge is 2.35. The Balaban J connectivity index is 1.52. The number of benzene rings is 2. The van der Waals surface area contributed by atoms with E-state index in [0.29, 0.717) is 35.7 Å². The Morgan fingerprint density at radius 1 is 1.15 bits per heavy atom. The summed E-state index contributed by atoms with van der Waals surface area (Å²) in [6.07, 6.45) is -0.972. The van der Waals surface area contributed by atoms with Crippen LogP contribution in [0.5, 0.6) is 0 Å². The number of amides is 1. The number of carboxylic acids is 1. The number of rotatable bonds is 7. The van der Waals surface area contributed by atoms with Crippen molar-refractivity contribution in [3.8, 4) is 0 Å². The summed E-state index contributed by atoms with van der Waals surface area (Å²) in [6.45, 7) is 2.03. The number of nitrogens with one attached hydrogen (secondary N) is 1. The van der Waals surface area contributed by atoms with Gasteiger partial charge in [0.15, 0.2) is 0 Å². The zero-order valence-corrected chi connectivity index (χ0v) is 18.4. The van der Waals surface area contributed by atoms with Crippen LogP contribution >= 0.6 is 0 Å². The van der Waals surface area contributed by atoms with Crippen molar-refractivity contribution in [2.24, 2.45) is 11.8 Å². The Labute approximate surface area is 193 Å². The van der Waals surface area contributed by atoms with Gasteiger partial charge in [-0.1, -0.05) is 12.1 Å². The molecule has 0 radical (unpaired) electrons. The summed E-state index contributed by atoms with van der Waals surface area (Å²) in [7, 11) is 0. The van der Waals surface area contributed by atoms with Crippen LogP contribution in [0.1, 0.15) is 47.7 Å². The summed E-state index contributed by atoms with van der Waals surface area (Å²) >= 11 is 0. The molecule has 3 aromatic rings. The number of carbonyl (C=O) groups excluding carboxylic acids is 1. The molecule has 1 atom stereocenters. The van der Waals surface area contributed by atoms with E-state index in [9.17, 15) is 27.2 Å². The molecule has 0 bridgehead atoms. The van der Waals surface area contributed by atoms with Gasteiger partial charge in [0, 0.05) is 24.2 Å². The molecule has 1 heterocycles. The van der Waals surface area contributed by atoms with Crippen LogP contribution in [0, 0.1) is 17.7 Å². The van der Waals surface area contributed by atoms with Gasteiger partial charge in [-0.05, 0) is 68.0 Å². The van der Waals surface area contributed by atoms with Crippen molar-refractivity contribution in [3.63, 3.8) is 0 Å². The molecule has 4 rings (SSSR count). The third kappa shape index (κ3) is 5.08. The van der Waals surface area contributed by atoms with Crippen LogP contribution in [-0.2, 0) is 17.5 Å². The number of carbonyl (C=O) groups is 2. The third-order valence-corrected chi connectivity index (χ3v) is 6.35. The number of aliphatic carboxylic acids is 1. The van der Waals surface area contributed by atoms with E-state index in [0.717, 1.165) is 18.2 Å². The van der Waals surface area contributed by atoms with E-state index >= 15 is 0 Å². The van der Waals surface area contributed by atoms with Crippen molar-refractivity contribution in [2.75, 3.05) is 0 Å². The van der Waals surface area contributed by atoms with Crippen molar-refractivity contribution in [2.45, 2.75) is 44.9 Å². The standard InChI is InChI=1S/C25H24F4N2O3/c1-14(8-16-9-18(10-16)24(33)34)30-23(32)21-12-20(26)11-17-6-7-31(22(17)21)13-15-2-4-19(5-3-15)25(27,28)29/h2-7,11-12,14,16,18H,8-10,13H2,1H3,(H,30,32)(H,33,34). The molecular weight excluding hydrogens is 452 g/mol. The molecular formula is C25H24F4N2O3. The Bertz CT molecular complexity index is 1210. The quantitative estimate of drug-likeness (QED) is 0.445. The first-order valence-corrected chi connectivity index (χ1v) is 11.0. The molecule has 180 valence electrons. The average molecular weight is 476 g/mol. The van der Waals surface area contributed by atoms with Gasteiger partial charge in [0.2, 0.25) is 0 Å². The van der Waals surface area contributed by atoms with Gasteiger partial charge < -0.3 is 15.0 Å². The molecule has 1 aliphatic rings. The fourth-order valence-electron chi connectivity index (χ4n) is 4.60. The van der Waals surface area contributed by atoms with Gasteiger partial charge in [-0.25, -0.2) is 4.39 Å². The SMILES string of the molecule is CC(CC1CC(C(=O)O)C1)NC(=O)c1cc(F)cc2ccn(Cc3ccc(C(F)(F)F)cc3)c12. The van der Waals surface area contributed by atoms with Gasteiger partial charge in [0.1, 0.15) is 5.82 Å². The van der Waals surface area contributed by atoms with Gasteiger partial charge in [0.05, 0.1) is 22.6 Å². The van der Waals surface area contributed by atoms with Gasteiger partial charge >= 0.3 is 12.1 Å². The first kappa shape index (κ1) is 23.8. The van der Waals surface area contributed by atoms with Crippen LogP contribution in [0.4, 0.5) is 17.6 Å². The summed E-state index contributed by atoms with van der Waals surface area (Å²) in [6, 6.07) is 8.64. The minimum Gasteiger partial charge on any atom is -0.481 e. The molecule has 0 spiro atoms. The molecule has 1 aromatic heterocycles. The number of alkyl halides is 3. The van der Waals surface area contributed by atoms with Crippen molar-refractivity contribution >= 4 is 22.8 Å². The Morgan fingerprint density at radius 2 is 1.82 bits per heavy atom. The second-order valence-electron chi connectivity index (χ2n) is 9.01. The fraction of sp³-hybridized carbons (Fsp3) is 0.360. The minimum atomic E-state index is -4.42. The number of fused-ring (bicyclic) bond motifs is 1.